The Hall–Kier alpha value is -1.75. The maximum atomic E-state index is 12.6. The first-order valence-corrected chi connectivity index (χ1v) is 7.89. The molecule has 2 rings (SSSR count). The van der Waals surface area contributed by atoms with Gasteiger partial charge in [-0.2, -0.15) is 0 Å². The second-order valence-electron chi connectivity index (χ2n) is 6.09. The van der Waals surface area contributed by atoms with Crippen LogP contribution in [0.5, 0.6) is 11.5 Å². The van der Waals surface area contributed by atoms with Crippen molar-refractivity contribution < 1.29 is 14.3 Å². The summed E-state index contributed by atoms with van der Waals surface area (Å²) in [5, 5.41) is 3.26. The van der Waals surface area contributed by atoms with Crippen LogP contribution in [-0.2, 0) is 4.79 Å². The standard InChI is InChI=1S/C17H26N2O3/c1-4-21-14-7-5-6-8-15(14)22-13-17(2,3)16(20)19-11-9-18-10-12-19/h5-8,18H,4,9-13H2,1-3H3. The minimum Gasteiger partial charge on any atom is -0.490 e. The predicted molar refractivity (Wildman–Crippen MR) is 86.3 cm³/mol. The highest BCUT2D eigenvalue weighted by Gasteiger charge is 2.33. The first kappa shape index (κ1) is 16.6. The third kappa shape index (κ3) is 4.13. The molecule has 0 radical (unpaired) electrons. The molecular formula is C17H26N2O3. The molecule has 0 bridgehead atoms. The van der Waals surface area contributed by atoms with Crippen molar-refractivity contribution >= 4 is 5.91 Å². The second kappa shape index (κ2) is 7.49. The molecule has 1 aromatic carbocycles. The molecule has 0 spiro atoms. The molecule has 1 saturated heterocycles. The second-order valence-corrected chi connectivity index (χ2v) is 6.09. The van der Waals surface area contributed by atoms with Gasteiger partial charge in [0, 0.05) is 26.2 Å². The lowest BCUT2D eigenvalue weighted by molar-refractivity contribution is -0.142. The van der Waals surface area contributed by atoms with Gasteiger partial charge in [-0.25, -0.2) is 0 Å². The van der Waals surface area contributed by atoms with Crippen LogP contribution in [0.15, 0.2) is 24.3 Å². The van der Waals surface area contributed by atoms with Gasteiger partial charge in [-0.05, 0) is 32.9 Å². The van der Waals surface area contributed by atoms with Crippen molar-refractivity contribution in [2.75, 3.05) is 39.4 Å². The number of hydrogen-bond acceptors (Lipinski definition) is 4. The van der Waals surface area contributed by atoms with Crippen LogP contribution in [-0.4, -0.2) is 50.2 Å². The minimum atomic E-state index is -0.559. The summed E-state index contributed by atoms with van der Waals surface area (Å²) in [6.07, 6.45) is 0. The minimum absolute atomic E-state index is 0.142. The van der Waals surface area contributed by atoms with Crippen LogP contribution >= 0.6 is 0 Å². The van der Waals surface area contributed by atoms with Crippen molar-refractivity contribution in [2.45, 2.75) is 20.8 Å². The van der Waals surface area contributed by atoms with E-state index in [0.29, 0.717) is 19.0 Å². The smallest absolute Gasteiger partial charge is 0.231 e. The van der Waals surface area contributed by atoms with Crippen molar-refractivity contribution in [3.05, 3.63) is 24.3 Å². The first-order valence-electron chi connectivity index (χ1n) is 7.89. The van der Waals surface area contributed by atoms with Crippen LogP contribution in [0.2, 0.25) is 0 Å². The SMILES string of the molecule is CCOc1ccccc1OCC(C)(C)C(=O)N1CCNCC1. The molecule has 0 unspecified atom stereocenters. The van der Waals surface area contributed by atoms with Crippen molar-refractivity contribution in [3.8, 4) is 11.5 Å². The van der Waals surface area contributed by atoms with Crippen molar-refractivity contribution in [1.82, 2.24) is 10.2 Å². The number of ether oxygens (including phenoxy) is 2. The van der Waals surface area contributed by atoms with E-state index in [0.717, 1.165) is 31.9 Å². The van der Waals surface area contributed by atoms with Gasteiger partial charge < -0.3 is 19.7 Å². The zero-order chi connectivity index (χ0) is 16.0. The number of benzene rings is 1. The van der Waals surface area contributed by atoms with Crippen LogP contribution < -0.4 is 14.8 Å². The van der Waals surface area contributed by atoms with E-state index in [9.17, 15) is 4.79 Å². The molecule has 0 atom stereocenters. The predicted octanol–water partition coefficient (Wildman–Crippen LogP) is 1.92. The van der Waals surface area contributed by atoms with Crippen LogP contribution in [0.25, 0.3) is 0 Å². The van der Waals surface area contributed by atoms with Gasteiger partial charge in [-0.3, -0.25) is 4.79 Å². The van der Waals surface area contributed by atoms with Gasteiger partial charge in [-0.1, -0.05) is 12.1 Å². The first-order chi connectivity index (χ1) is 10.5. The molecule has 122 valence electrons. The zero-order valence-electron chi connectivity index (χ0n) is 13.7. The van der Waals surface area contributed by atoms with E-state index in [4.69, 9.17) is 9.47 Å². The molecule has 1 aliphatic rings. The average molecular weight is 306 g/mol. The molecule has 1 heterocycles. The Balaban J connectivity index is 1.98. The Morgan fingerprint density at radius 1 is 1.18 bits per heavy atom. The summed E-state index contributed by atoms with van der Waals surface area (Å²) in [7, 11) is 0. The monoisotopic (exact) mass is 306 g/mol. The van der Waals surface area contributed by atoms with Gasteiger partial charge in [0.05, 0.1) is 12.0 Å². The van der Waals surface area contributed by atoms with Gasteiger partial charge >= 0.3 is 0 Å². The zero-order valence-corrected chi connectivity index (χ0v) is 13.7. The fourth-order valence-electron chi connectivity index (χ4n) is 2.46. The molecule has 1 aliphatic heterocycles. The Morgan fingerprint density at radius 3 is 2.36 bits per heavy atom. The van der Waals surface area contributed by atoms with Crippen molar-refractivity contribution in [3.63, 3.8) is 0 Å². The molecule has 0 aliphatic carbocycles. The van der Waals surface area contributed by atoms with Gasteiger partial charge in [0.25, 0.3) is 0 Å². The van der Waals surface area contributed by atoms with E-state index in [1.807, 2.05) is 49.9 Å². The fourth-order valence-corrected chi connectivity index (χ4v) is 2.46. The van der Waals surface area contributed by atoms with E-state index in [2.05, 4.69) is 5.32 Å². The number of rotatable bonds is 6. The number of carbonyl (C=O) groups excluding carboxylic acids is 1. The number of hydrogen-bond donors (Lipinski definition) is 1. The third-order valence-electron chi connectivity index (χ3n) is 3.72. The van der Waals surface area contributed by atoms with Crippen LogP contribution in [0.4, 0.5) is 0 Å². The van der Waals surface area contributed by atoms with E-state index in [-0.39, 0.29) is 5.91 Å². The van der Waals surface area contributed by atoms with E-state index in [1.54, 1.807) is 0 Å². The maximum absolute atomic E-state index is 12.6. The molecule has 1 N–H and O–H groups in total. The molecule has 0 aromatic heterocycles. The molecule has 0 saturated carbocycles. The van der Waals surface area contributed by atoms with Gasteiger partial charge in [0.15, 0.2) is 11.5 Å². The van der Waals surface area contributed by atoms with Crippen LogP contribution in [0.1, 0.15) is 20.8 Å². The van der Waals surface area contributed by atoms with E-state index in [1.165, 1.54) is 0 Å². The number of piperazine rings is 1. The molecule has 5 heteroatoms. The Labute approximate surface area is 132 Å². The number of para-hydroxylation sites is 2. The molecule has 5 nitrogen and oxygen atoms in total. The van der Waals surface area contributed by atoms with Crippen molar-refractivity contribution in [2.24, 2.45) is 5.41 Å². The lowest BCUT2D eigenvalue weighted by Gasteiger charge is -2.34. The number of carbonyl (C=O) groups is 1. The van der Waals surface area contributed by atoms with Gasteiger partial charge in [-0.15, -0.1) is 0 Å². The Kier molecular flexibility index (Phi) is 5.66. The number of amides is 1. The normalized spacial score (nSPS) is 15.5. The van der Waals surface area contributed by atoms with Gasteiger partial charge in [0.1, 0.15) is 6.61 Å². The summed E-state index contributed by atoms with van der Waals surface area (Å²) in [4.78, 5) is 14.5. The Morgan fingerprint density at radius 2 is 1.77 bits per heavy atom. The average Bonchev–Trinajstić information content (AvgIpc) is 2.54. The lowest BCUT2D eigenvalue weighted by atomic mass is 9.92. The summed E-state index contributed by atoms with van der Waals surface area (Å²) in [6.45, 7) is 9.96. The van der Waals surface area contributed by atoms with Crippen molar-refractivity contribution in [1.29, 1.82) is 0 Å². The fraction of sp³-hybridized carbons (Fsp3) is 0.588. The highest BCUT2D eigenvalue weighted by atomic mass is 16.5. The number of nitrogens with zero attached hydrogens (tertiary/aromatic N) is 1. The largest absolute Gasteiger partial charge is 0.490 e. The number of nitrogens with one attached hydrogen (secondary N) is 1. The summed E-state index contributed by atoms with van der Waals surface area (Å²) in [5.41, 5.74) is -0.559. The molecule has 1 amide bonds. The Bertz CT molecular complexity index is 496. The summed E-state index contributed by atoms with van der Waals surface area (Å²) >= 11 is 0. The third-order valence-corrected chi connectivity index (χ3v) is 3.72. The summed E-state index contributed by atoms with van der Waals surface area (Å²) in [6, 6.07) is 7.57. The van der Waals surface area contributed by atoms with Crippen LogP contribution in [0.3, 0.4) is 0 Å². The molecule has 22 heavy (non-hydrogen) atoms. The molecule has 1 aromatic rings. The van der Waals surface area contributed by atoms with E-state index < -0.39 is 5.41 Å². The molecular weight excluding hydrogens is 280 g/mol. The topological polar surface area (TPSA) is 50.8 Å². The highest BCUT2D eigenvalue weighted by Crippen LogP contribution is 2.29. The quantitative estimate of drug-likeness (QED) is 0.872. The summed E-state index contributed by atoms with van der Waals surface area (Å²) < 4.78 is 11.4. The van der Waals surface area contributed by atoms with E-state index >= 15 is 0 Å². The molecule has 1 fully saturated rings. The lowest BCUT2D eigenvalue weighted by Crippen LogP contribution is -2.51. The van der Waals surface area contributed by atoms with Gasteiger partial charge in [0.2, 0.25) is 5.91 Å². The summed E-state index contributed by atoms with van der Waals surface area (Å²) in [5.74, 6) is 1.55. The maximum Gasteiger partial charge on any atom is 0.231 e. The highest BCUT2D eigenvalue weighted by molar-refractivity contribution is 5.82. The van der Waals surface area contributed by atoms with Crippen LogP contribution in [0, 0.1) is 5.41 Å².